The number of pyridine rings is 1. The van der Waals surface area contributed by atoms with Gasteiger partial charge in [-0.05, 0) is 40.4 Å². The Hall–Kier alpha value is -0.610. The Kier molecular flexibility index (Phi) is 5.01. The summed E-state index contributed by atoms with van der Waals surface area (Å²) >= 11 is 9.61. The molecule has 1 aromatic heterocycles. The monoisotopic (exact) mass is 330 g/mol. The molecule has 2 heterocycles. The summed E-state index contributed by atoms with van der Waals surface area (Å²) in [6, 6.07) is 1.85. The van der Waals surface area contributed by atoms with Crippen molar-refractivity contribution in [1.82, 2.24) is 9.88 Å². The molecule has 0 aromatic carbocycles. The van der Waals surface area contributed by atoms with Gasteiger partial charge in [0.05, 0.1) is 0 Å². The van der Waals surface area contributed by atoms with Crippen LogP contribution in [-0.2, 0) is 4.79 Å². The summed E-state index contributed by atoms with van der Waals surface area (Å²) < 4.78 is 0.842. The van der Waals surface area contributed by atoms with E-state index in [-0.39, 0.29) is 5.91 Å². The van der Waals surface area contributed by atoms with E-state index in [0.29, 0.717) is 0 Å². The molecule has 2 rings (SSSR count). The summed E-state index contributed by atoms with van der Waals surface area (Å²) in [5.41, 5.74) is 0.750. The highest BCUT2D eigenvalue weighted by Crippen LogP contribution is 2.25. The summed E-state index contributed by atoms with van der Waals surface area (Å²) in [6.45, 7) is 1.65. The van der Waals surface area contributed by atoms with Crippen molar-refractivity contribution in [3.05, 3.63) is 28.5 Å². The first kappa shape index (κ1) is 13.8. The first-order valence-electron chi connectivity index (χ1n) is 6.22. The van der Waals surface area contributed by atoms with E-state index in [0.717, 1.165) is 36.0 Å². The smallest absolute Gasteiger partial charge is 0.245 e. The Morgan fingerprint density at radius 1 is 1.28 bits per heavy atom. The van der Waals surface area contributed by atoms with Crippen molar-refractivity contribution in [3.63, 3.8) is 0 Å². The van der Waals surface area contributed by atoms with Gasteiger partial charge in [0.15, 0.2) is 0 Å². The molecule has 5 heteroatoms. The Balaban J connectivity index is 2.07. The average molecular weight is 332 g/mol. The van der Waals surface area contributed by atoms with Crippen LogP contribution in [0.4, 0.5) is 0 Å². The van der Waals surface area contributed by atoms with E-state index in [9.17, 15) is 4.79 Å². The molecule has 0 N–H and O–H groups in total. The van der Waals surface area contributed by atoms with Gasteiger partial charge in [-0.25, -0.2) is 0 Å². The van der Waals surface area contributed by atoms with Crippen LogP contribution in [-0.4, -0.2) is 28.9 Å². The molecule has 3 nitrogen and oxygen atoms in total. The van der Waals surface area contributed by atoms with Crippen molar-refractivity contribution in [2.75, 3.05) is 13.1 Å². The predicted octanol–water partition coefficient (Wildman–Crippen LogP) is 3.53. The van der Waals surface area contributed by atoms with E-state index in [1.54, 1.807) is 12.4 Å². The van der Waals surface area contributed by atoms with Gasteiger partial charge in [-0.1, -0.05) is 12.8 Å². The van der Waals surface area contributed by atoms with Crippen LogP contribution < -0.4 is 0 Å². The lowest BCUT2D eigenvalue weighted by Gasteiger charge is -2.23. The fourth-order valence-corrected chi connectivity index (χ4v) is 2.80. The minimum atomic E-state index is -0.631. The molecule has 0 bridgehead atoms. The summed E-state index contributed by atoms with van der Waals surface area (Å²) in [7, 11) is 0. The summed E-state index contributed by atoms with van der Waals surface area (Å²) in [5, 5.41) is -0.631. The lowest BCUT2D eigenvalue weighted by molar-refractivity contribution is -0.130. The molecule has 0 saturated carbocycles. The Labute approximate surface area is 121 Å². The lowest BCUT2D eigenvalue weighted by atomic mass is 10.2. The number of rotatable bonds is 2. The van der Waals surface area contributed by atoms with Crippen molar-refractivity contribution in [3.8, 4) is 0 Å². The molecule has 1 atom stereocenters. The second kappa shape index (κ2) is 6.53. The summed E-state index contributed by atoms with van der Waals surface area (Å²) in [4.78, 5) is 18.2. The molecule has 18 heavy (non-hydrogen) atoms. The van der Waals surface area contributed by atoms with Crippen LogP contribution in [0.5, 0.6) is 0 Å². The highest BCUT2D eigenvalue weighted by molar-refractivity contribution is 9.10. The number of likely N-dealkylation sites (tertiary alicyclic amines) is 1. The summed E-state index contributed by atoms with van der Waals surface area (Å²) in [6.07, 6.45) is 7.89. The average Bonchev–Trinajstić information content (AvgIpc) is 2.66. The molecule has 0 radical (unpaired) electrons. The van der Waals surface area contributed by atoms with E-state index < -0.39 is 5.38 Å². The predicted molar refractivity (Wildman–Crippen MR) is 75.6 cm³/mol. The minimum absolute atomic E-state index is 0.00142. The molecular weight excluding hydrogens is 316 g/mol. The van der Waals surface area contributed by atoms with Crippen LogP contribution >= 0.6 is 27.5 Å². The fourth-order valence-electron chi connectivity index (χ4n) is 2.16. The Morgan fingerprint density at radius 2 is 1.94 bits per heavy atom. The van der Waals surface area contributed by atoms with E-state index in [2.05, 4.69) is 20.9 Å². The zero-order valence-electron chi connectivity index (χ0n) is 10.1. The van der Waals surface area contributed by atoms with Crippen LogP contribution in [0.2, 0.25) is 0 Å². The van der Waals surface area contributed by atoms with Gasteiger partial charge in [-0.2, -0.15) is 0 Å². The van der Waals surface area contributed by atoms with Gasteiger partial charge in [0.1, 0.15) is 5.38 Å². The zero-order valence-corrected chi connectivity index (χ0v) is 12.5. The maximum Gasteiger partial charge on any atom is 0.245 e. The van der Waals surface area contributed by atoms with Crippen LogP contribution in [0, 0.1) is 0 Å². The topological polar surface area (TPSA) is 33.2 Å². The standard InChI is InChI=1S/C13H16BrClN2O/c14-11-7-10(8-16-9-11)12(15)13(18)17-5-3-1-2-4-6-17/h7-9,12H,1-6H2. The third-order valence-corrected chi connectivity index (χ3v) is 4.03. The molecule has 1 unspecified atom stereocenters. The van der Waals surface area contributed by atoms with Gasteiger partial charge in [0.2, 0.25) is 5.91 Å². The van der Waals surface area contributed by atoms with Gasteiger partial charge in [-0.15, -0.1) is 11.6 Å². The highest BCUT2D eigenvalue weighted by Gasteiger charge is 2.24. The third-order valence-electron chi connectivity index (χ3n) is 3.15. The molecule has 1 aliphatic heterocycles. The molecule has 0 aliphatic carbocycles. The lowest BCUT2D eigenvalue weighted by Crippen LogP contribution is -2.34. The van der Waals surface area contributed by atoms with E-state index >= 15 is 0 Å². The van der Waals surface area contributed by atoms with Crippen molar-refractivity contribution in [1.29, 1.82) is 0 Å². The Morgan fingerprint density at radius 3 is 2.56 bits per heavy atom. The number of carbonyl (C=O) groups is 1. The van der Waals surface area contributed by atoms with E-state index in [1.165, 1.54) is 12.8 Å². The third kappa shape index (κ3) is 3.45. The largest absolute Gasteiger partial charge is 0.341 e. The minimum Gasteiger partial charge on any atom is -0.341 e. The van der Waals surface area contributed by atoms with Gasteiger partial charge >= 0.3 is 0 Å². The first-order valence-corrected chi connectivity index (χ1v) is 7.45. The quantitative estimate of drug-likeness (QED) is 0.777. The van der Waals surface area contributed by atoms with E-state index in [1.807, 2.05) is 11.0 Å². The molecule has 1 saturated heterocycles. The van der Waals surface area contributed by atoms with Crippen LogP contribution in [0.1, 0.15) is 36.6 Å². The maximum atomic E-state index is 12.3. The SMILES string of the molecule is O=C(C(Cl)c1cncc(Br)c1)N1CCCCCC1. The van der Waals surface area contributed by atoms with Crippen LogP contribution in [0.25, 0.3) is 0 Å². The normalized spacial score (nSPS) is 18.2. The fraction of sp³-hybridized carbons (Fsp3) is 0.538. The van der Waals surface area contributed by atoms with Crippen molar-refractivity contribution >= 4 is 33.4 Å². The molecular formula is C13H16BrClN2O. The van der Waals surface area contributed by atoms with Crippen molar-refractivity contribution in [2.45, 2.75) is 31.1 Å². The van der Waals surface area contributed by atoms with Gasteiger partial charge in [0, 0.05) is 30.0 Å². The first-order chi connectivity index (χ1) is 8.68. The number of hydrogen-bond acceptors (Lipinski definition) is 2. The maximum absolute atomic E-state index is 12.3. The number of nitrogens with zero attached hydrogens (tertiary/aromatic N) is 2. The number of hydrogen-bond donors (Lipinski definition) is 0. The van der Waals surface area contributed by atoms with Gasteiger partial charge in [-0.3, -0.25) is 9.78 Å². The molecule has 0 spiro atoms. The summed E-state index contributed by atoms with van der Waals surface area (Å²) in [5.74, 6) is -0.00142. The Bertz CT molecular complexity index is 419. The van der Waals surface area contributed by atoms with Crippen LogP contribution in [0.15, 0.2) is 22.9 Å². The number of halogens is 2. The zero-order chi connectivity index (χ0) is 13.0. The molecule has 1 amide bonds. The number of carbonyl (C=O) groups excluding carboxylic acids is 1. The number of amides is 1. The van der Waals surface area contributed by atoms with Crippen molar-refractivity contribution in [2.24, 2.45) is 0 Å². The highest BCUT2D eigenvalue weighted by atomic mass is 79.9. The number of alkyl halides is 1. The molecule has 1 fully saturated rings. The molecule has 1 aromatic rings. The second-order valence-corrected chi connectivity index (χ2v) is 5.89. The van der Waals surface area contributed by atoms with Gasteiger partial charge < -0.3 is 4.90 Å². The molecule has 1 aliphatic rings. The second-order valence-electron chi connectivity index (χ2n) is 4.54. The molecule has 98 valence electrons. The van der Waals surface area contributed by atoms with Gasteiger partial charge in [0.25, 0.3) is 0 Å². The van der Waals surface area contributed by atoms with Crippen molar-refractivity contribution < 1.29 is 4.79 Å². The van der Waals surface area contributed by atoms with E-state index in [4.69, 9.17) is 11.6 Å². The van der Waals surface area contributed by atoms with Crippen LogP contribution in [0.3, 0.4) is 0 Å². The number of aromatic nitrogens is 1.